The Kier molecular flexibility index (Phi) is 30.9. The third kappa shape index (κ3) is 20.2. The van der Waals surface area contributed by atoms with Crippen molar-refractivity contribution in [1.29, 1.82) is 0 Å². The lowest BCUT2D eigenvalue weighted by atomic mass is 9.92. The second-order valence-electron chi connectivity index (χ2n) is 26.7. The van der Waals surface area contributed by atoms with Crippen molar-refractivity contribution >= 4 is 29.8 Å². The van der Waals surface area contributed by atoms with Gasteiger partial charge in [-0.1, -0.05) is 180 Å². The zero-order chi connectivity index (χ0) is 76.9. The summed E-state index contributed by atoms with van der Waals surface area (Å²) in [4.78, 5) is 69.6. The number of rotatable bonds is 41. The number of ether oxygens (including phenoxy) is 11. The smallest absolute Gasteiger partial charge is 0.432 e. The van der Waals surface area contributed by atoms with Gasteiger partial charge in [0.15, 0.2) is 0 Å². The van der Waals surface area contributed by atoms with Gasteiger partial charge in [0.1, 0.15) is 30.5 Å². The van der Waals surface area contributed by atoms with Gasteiger partial charge in [-0.2, -0.15) is 52.7 Å². The molecule has 4 aromatic carbocycles. The number of esters is 5. The molecule has 0 aromatic heterocycles. The lowest BCUT2D eigenvalue weighted by molar-refractivity contribution is -0.281. The summed E-state index contributed by atoms with van der Waals surface area (Å²) in [5.74, 6) is -8.07. The SMILES string of the molecule is CCCCCCCCCC[C@@H](OC(=O)[C@](OC)(c1ccccc1)C(F)(F)F)[C@H]1CC[C@@H]([C@H]2CC[C@H]([C@@H](CCCC[C@@H](CCCCC[C@H](CC3=C[C@H](C)OC3=O)OC(=O)[C@](OC)(c3ccccc3)C(F)(F)F)OC(=O)[C@](OC)(c3ccccc3)C(F)(F)F)OC(=O)[C@](OC)(c3ccccc3)C(F)(F)F)O2)O1. The molecule has 28 heteroatoms. The topological polar surface area (TPSA) is 187 Å². The molecule has 2 fully saturated rings. The number of unbranched alkanes of at least 4 members (excludes halogenated alkanes) is 10. The Hall–Kier alpha value is -7.11. The number of benzene rings is 4. The van der Waals surface area contributed by atoms with Gasteiger partial charge >= 0.3 is 54.6 Å². The molecular formula is C77H94F12O16. The second kappa shape index (κ2) is 38.1. The summed E-state index contributed by atoms with van der Waals surface area (Å²) in [5.41, 5.74) is -16.8. The van der Waals surface area contributed by atoms with Crippen LogP contribution in [-0.4, -0.2) is 138 Å². The summed E-state index contributed by atoms with van der Waals surface area (Å²) >= 11 is 0. The van der Waals surface area contributed by atoms with Crippen LogP contribution in [-0.2, 0) is 98.5 Å². The van der Waals surface area contributed by atoms with E-state index in [0.717, 1.165) is 94.2 Å². The van der Waals surface area contributed by atoms with Crippen molar-refractivity contribution in [3.8, 4) is 0 Å². The molecule has 4 aromatic rings. The largest absolute Gasteiger partial charge is 0.460 e. The fourth-order valence-corrected chi connectivity index (χ4v) is 14.2. The van der Waals surface area contributed by atoms with Gasteiger partial charge in [-0.25, -0.2) is 24.0 Å². The van der Waals surface area contributed by atoms with Gasteiger partial charge in [0.25, 0.3) is 22.4 Å². The summed E-state index contributed by atoms with van der Waals surface area (Å²) in [6.07, 6.45) is -23.6. The highest BCUT2D eigenvalue weighted by atomic mass is 19.4. The predicted molar refractivity (Wildman–Crippen MR) is 357 cm³/mol. The van der Waals surface area contributed by atoms with Crippen molar-refractivity contribution in [2.24, 2.45) is 0 Å². The number of alkyl halides is 12. The standard InChI is InChI=1S/C77H94F12O16/c1-7-8-9-10-11-12-13-29-43-59(104-68(93)72(97-5,76(84,85)86)55-36-23-16-24-37-55)61-45-47-63(102-61)64-48-46-62(103-64)60(105-69(94)73(98-6,77(87,88)89)56-38-25-17-26-39-56)44-31-30-41-57(100-66(91)70(95-3,74(78,79)80)53-32-19-14-20-33-53)40-27-18-28-42-58(50-52-49-51(2)99-65(52)90)101-67(92)71(96-4,75(81,82)83)54-34-21-15-22-35-54/h14-17,19-26,32-39,49,51,57-64H,7-13,18,27-31,40-48,50H2,1-6H3/t51-,57+,58+,59+,60+,61+,62+,63-,64+,70+,71+,72+,73+/m0/s1. The number of carbonyl (C=O) groups is 5. The maximum atomic E-state index is 15.5. The van der Waals surface area contributed by atoms with E-state index in [0.29, 0.717) is 34.2 Å². The van der Waals surface area contributed by atoms with Gasteiger partial charge in [-0.3, -0.25) is 0 Å². The first-order chi connectivity index (χ1) is 49.8. The molecular weight excluding hydrogens is 1410 g/mol. The fourth-order valence-electron chi connectivity index (χ4n) is 14.2. The number of methoxy groups -OCH3 is 4. The van der Waals surface area contributed by atoms with E-state index in [4.69, 9.17) is 52.1 Å². The Morgan fingerprint density at radius 2 is 0.686 bits per heavy atom. The Labute approximate surface area is 603 Å². The first-order valence-corrected chi connectivity index (χ1v) is 35.6. The van der Waals surface area contributed by atoms with Gasteiger partial charge in [0, 0.05) is 62.7 Å². The van der Waals surface area contributed by atoms with Crippen LogP contribution in [0.4, 0.5) is 52.7 Å². The third-order valence-electron chi connectivity index (χ3n) is 19.8. The number of hydrogen-bond acceptors (Lipinski definition) is 16. The molecule has 13 atom stereocenters. The van der Waals surface area contributed by atoms with Crippen molar-refractivity contribution in [3.05, 3.63) is 155 Å². The van der Waals surface area contributed by atoms with Gasteiger partial charge in [0.2, 0.25) is 0 Å². The number of carbonyl (C=O) groups excluding carboxylic acids is 5. The maximum absolute atomic E-state index is 15.5. The number of hydrogen-bond donors (Lipinski definition) is 0. The van der Waals surface area contributed by atoms with Crippen LogP contribution in [0, 0.1) is 0 Å². The molecule has 105 heavy (non-hydrogen) atoms. The lowest BCUT2D eigenvalue weighted by Crippen LogP contribution is -2.53. The molecule has 0 spiro atoms. The van der Waals surface area contributed by atoms with E-state index in [1.54, 1.807) is 0 Å². The van der Waals surface area contributed by atoms with Crippen LogP contribution in [0.1, 0.15) is 184 Å². The van der Waals surface area contributed by atoms with Crippen LogP contribution in [0.3, 0.4) is 0 Å². The zero-order valence-corrected chi connectivity index (χ0v) is 59.7. The third-order valence-corrected chi connectivity index (χ3v) is 19.8. The van der Waals surface area contributed by atoms with Crippen molar-refractivity contribution in [2.45, 2.75) is 264 Å². The van der Waals surface area contributed by atoms with Gasteiger partial charge < -0.3 is 52.1 Å². The molecule has 3 aliphatic heterocycles. The molecule has 0 unspecified atom stereocenters. The van der Waals surface area contributed by atoms with Gasteiger partial charge in [0.05, 0.1) is 24.4 Å². The van der Waals surface area contributed by atoms with E-state index in [-0.39, 0.29) is 102 Å². The monoisotopic (exact) mass is 1500 g/mol. The molecule has 0 aliphatic carbocycles. The molecule has 7 rings (SSSR count). The molecule has 3 aliphatic rings. The van der Waals surface area contributed by atoms with Crippen LogP contribution < -0.4 is 0 Å². The van der Waals surface area contributed by atoms with E-state index >= 15 is 52.7 Å². The predicted octanol–water partition coefficient (Wildman–Crippen LogP) is 17.4. The van der Waals surface area contributed by atoms with E-state index < -0.39 is 154 Å². The summed E-state index contributed by atoms with van der Waals surface area (Å²) in [5, 5.41) is 0. The highest BCUT2D eigenvalue weighted by Gasteiger charge is 2.68. The molecule has 0 radical (unpaired) electrons. The average Bonchev–Trinajstić information content (AvgIpc) is 1.72. The highest BCUT2D eigenvalue weighted by Crippen LogP contribution is 2.49. The Morgan fingerprint density at radius 1 is 0.400 bits per heavy atom. The molecule has 3 heterocycles. The zero-order valence-electron chi connectivity index (χ0n) is 59.7. The van der Waals surface area contributed by atoms with Crippen molar-refractivity contribution < 1.29 is 129 Å². The Bertz CT molecular complexity index is 3400. The van der Waals surface area contributed by atoms with Crippen LogP contribution in [0.15, 0.2) is 133 Å². The fraction of sp³-hybridized carbons (Fsp3) is 0.597. The first kappa shape index (κ1) is 85.1. The lowest BCUT2D eigenvalue weighted by Gasteiger charge is -2.35. The van der Waals surface area contributed by atoms with E-state index in [1.165, 1.54) is 85.8 Å². The molecule has 0 saturated carbocycles. The quantitative estimate of drug-likeness (QED) is 0.0177. The minimum absolute atomic E-state index is 0.0136. The van der Waals surface area contributed by atoms with Crippen molar-refractivity contribution in [2.75, 3.05) is 28.4 Å². The molecule has 582 valence electrons. The summed E-state index contributed by atoms with van der Waals surface area (Å²) < 4.78 is 245. The average molecular weight is 1500 g/mol. The van der Waals surface area contributed by atoms with Crippen LogP contribution in [0.5, 0.6) is 0 Å². The Balaban J connectivity index is 1.12. The number of halogens is 12. The van der Waals surface area contributed by atoms with Crippen LogP contribution in [0.25, 0.3) is 0 Å². The summed E-state index contributed by atoms with van der Waals surface area (Å²) in [6.45, 7) is 3.63. The molecule has 0 bridgehead atoms. The molecule has 2 saturated heterocycles. The molecule has 0 amide bonds. The summed E-state index contributed by atoms with van der Waals surface area (Å²) in [6, 6.07) is 24.2. The van der Waals surface area contributed by atoms with Crippen LogP contribution >= 0.6 is 0 Å². The normalized spacial score (nSPS) is 21.5. The van der Waals surface area contributed by atoms with E-state index in [2.05, 4.69) is 6.92 Å². The minimum atomic E-state index is -5.43. The molecule has 16 nitrogen and oxygen atoms in total. The van der Waals surface area contributed by atoms with Crippen molar-refractivity contribution in [3.63, 3.8) is 0 Å². The van der Waals surface area contributed by atoms with Gasteiger partial charge in [-0.15, -0.1) is 0 Å². The van der Waals surface area contributed by atoms with E-state index in [1.807, 2.05) is 0 Å². The first-order valence-electron chi connectivity index (χ1n) is 35.6. The second-order valence-corrected chi connectivity index (χ2v) is 26.7. The maximum Gasteiger partial charge on any atom is 0.432 e. The number of cyclic esters (lactones) is 1. The summed E-state index contributed by atoms with van der Waals surface area (Å²) in [7, 11) is 2.79. The van der Waals surface area contributed by atoms with Gasteiger partial charge in [-0.05, 0) is 103 Å². The minimum Gasteiger partial charge on any atom is -0.460 e. The van der Waals surface area contributed by atoms with E-state index in [9.17, 15) is 24.0 Å². The van der Waals surface area contributed by atoms with Crippen molar-refractivity contribution in [1.82, 2.24) is 0 Å². The highest BCUT2D eigenvalue weighted by molar-refractivity contribution is 5.91. The molecule has 0 N–H and O–H groups in total. The van der Waals surface area contributed by atoms with Crippen LogP contribution in [0.2, 0.25) is 0 Å². The Morgan fingerprint density at radius 3 is 1.01 bits per heavy atom.